The average Bonchev–Trinajstić information content (AvgIpc) is 2.70. The predicted molar refractivity (Wildman–Crippen MR) is 103 cm³/mol. The van der Waals surface area contributed by atoms with E-state index in [1.165, 1.54) is 36.2 Å². The molecule has 0 spiro atoms. The summed E-state index contributed by atoms with van der Waals surface area (Å²) in [7, 11) is -1.35. The van der Waals surface area contributed by atoms with Crippen LogP contribution in [0.4, 0.5) is 5.69 Å². The lowest BCUT2D eigenvalue weighted by Crippen LogP contribution is -2.30. The van der Waals surface area contributed by atoms with E-state index in [9.17, 15) is 28.1 Å². The second kappa shape index (κ2) is 8.37. The van der Waals surface area contributed by atoms with Gasteiger partial charge in [0.1, 0.15) is 0 Å². The number of primary sulfonamides is 1. The van der Waals surface area contributed by atoms with E-state index in [4.69, 9.17) is 5.14 Å². The maximum Gasteiger partial charge on any atom is 0.338 e. The first-order valence-corrected chi connectivity index (χ1v) is 9.78. The molecule has 0 aliphatic rings. The van der Waals surface area contributed by atoms with E-state index in [0.717, 1.165) is 19.2 Å². The topological polar surface area (TPSA) is 150 Å². The van der Waals surface area contributed by atoms with Crippen molar-refractivity contribution in [2.45, 2.75) is 17.9 Å². The Labute approximate surface area is 167 Å². The molecule has 2 N–H and O–H groups in total. The van der Waals surface area contributed by atoms with Gasteiger partial charge in [-0.3, -0.25) is 14.9 Å². The largest absolute Gasteiger partial charge is 0.465 e. The molecule has 2 aromatic carbocycles. The van der Waals surface area contributed by atoms with E-state index >= 15 is 0 Å². The summed E-state index contributed by atoms with van der Waals surface area (Å²) in [5.74, 6) is -1.42. The maximum absolute atomic E-state index is 12.9. The molecule has 2 rings (SSSR count). The SMILES string of the molecule is COC(=O)c1cc(C(=O)N(C)C(C)c2cccc(S(N)(=O)=O)c2)cc([N+](=O)[O-])c1. The number of carbonyl (C=O) groups excluding carboxylic acids is 2. The molecule has 0 aromatic heterocycles. The zero-order chi connectivity index (χ0) is 21.9. The Bertz CT molecular complexity index is 1080. The minimum absolute atomic E-state index is 0.0865. The molecule has 2 aromatic rings. The molecule has 0 saturated heterocycles. The fourth-order valence-electron chi connectivity index (χ4n) is 2.63. The zero-order valence-corrected chi connectivity index (χ0v) is 16.7. The number of sulfonamides is 1. The minimum atomic E-state index is -3.92. The molecule has 11 heteroatoms. The van der Waals surface area contributed by atoms with E-state index in [-0.39, 0.29) is 16.0 Å². The van der Waals surface area contributed by atoms with Gasteiger partial charge in [0, 0.05) is 24.7 Å². The summed E-state index contributed by atoms with van der Waals surface area (Å²) in [6.07, 6.45) is 0. The predicted octanol–water partition coefficient (Wildman–Crippen LogP) is 1.86. The number of rotatable bonds is 6. The van der Waals surface area contributed by atoms with Gasteiger partial charge in [-0.05, 0) is 30.7 Å². The first-order chi connectivity index (χ1) is 13.5. The summed E-state index contributed by atoms with van der Waals surface area (Å²) in [6.45, 7) is 1.65. The Morgan fingerprint density at radius 3 is 2.34 bits per heavy atom. The molecule has 29 heavy (non-hydrogen) atoms. The van der Waals surface area contributed by atoms with Gasteiger partial charge in [0.2, 0.25) is 10.0 Å². The van der Waals surface area contributed by atoms with Gasteiger partial charge in [-0.2, -0.15) is 0 Å². The quantitative estimate of drug-likeness (QED) is 0.425. The highest BCUT2D eigenvalue weighted by atomic mass is 32.2. The average molecular weight is 421 g/mol. The van der Waals surface area contributed by atoms with Crippen LogP contribution in [-0.2, 0) is 14.8 Å². The van der Waals surface area contributed by atoms with Gasteiger partial charge in [-0.15, -0.1) is 0 Å². The van der Waals surface area contributed by atoms with E-state index < -0.39 is 38.6 Å². The fourth-order valence-corrected chi connectivity index (χ4v) is 3.20. The Hall–Kier alpha value is -3.31. The van der Waals surface area contributed by atoms with E-state index in [1.807, 2.05) is 0 Å². The molecule has 1 atom stereocenters. The number of benzene rings is 2. The highest BCUT2D eigenvalue weighted by molar-refractivity contribution is 7.89. The van der Waals surface area contributed by atoms with Crippen molar-refractivity contribution in [3.8, 4) is 0 Å². The number of methoxy groups -OCH3 is 1. The number of ether oxygens (including phenoxy) is 1. The van der Waals surface area contributed by atoms with Crippen LogP contribution in [0.15, 0.2) is 47.4 Å². The third-order valence-corrected chi connectivity index (χ3v) is 5.28. The normalized spacial score (nSPS) is 12.1. The number of esters is 1. The lowest BCUT2D eigenvalue weighted by molar-refractivity contribution is -0.384. The molecule has 0 aliphatic carbocycles. The zero-order valence-electron chi connectivity index (χ0n) is 15.9. The number of nitro benzene ring substituents is 1. The molecule has 0 radical (unpaired) electrons. The Morgan fingerprint density at radius 2 is 1.79 bits per heavy atom. The number of hydrogen-bond acceptors (Lipinski definition) is 7. The maximum atomic E-state index is 12.9. The molecule has 0 bridgehead atoms. The second-order valence-corrected chi connectivity index (χ2v) is 7.79. The number of carbonyl (C=O) groups is 2. The van der Waals surface area contributed by atoms with Gasteiger partial charge in [-0.1, -0.05) is 12.1 Å². The monoisotopic (exact) mass is 421 g/mol. The Morgan fingerprint density at radius 1 is 1.17 bits per heavy atom. The van der Waals surface area contributed by atoms with Crippen LogP contribution >= 0.6 is 0 Å². The van der Waals surface area contributed by atoms with Gasteiger partial charge < -0.3 is 9.64 Å². The first-order valence-electron chi connectivity index (χ1n) is 8.23. The number of amides is 1. The van der Waals surface area contributed by atoms with Crippen LogP contribution in [0.1, 0.15) is 39.2 Å². The summed E-state index contributed by atoms with van der Waals surface area (Å²) in [5.41, 5.74) is -0.168. The molecule has 0 saturated carbocycles. The summed E-state index contributed by atoms with van der Waals surface area (Å²) in [6, 6.07) is 8.47. The highest BCUT2D eigenvalue weighted by Crippen LogP contribution is 2.25. The lowest BCUT2D eigenvalue weighted by atomic mass is 10.0. The van der Waals surface area contributed by atoms with Crippen molar-refractivity contribution < 1.29 is 27.7 Å². The number of nitro groups is 1. The van der Waals surface area contributed by atoms with E-state index in [2.05, 4.69) is 4.74 Å². The van der Waals surface area contributed by atoms with Crippen LogP contribution in [0, 0.1) is 10.1 Å². The summed E-state index contributed by atoms with van der Waals surface area (Å²) in [5, 5.41) is 16.3. The smallest absolute Gasteiger partial charge is 0.338 e. The molecular formula is C18H19N3O7S. The van der Waals surface area contributed by atoms with Crippen molar-refractivity contribution in [1.29, 1.82) is 0 Å². The van der Waals surface area contributed by atoms with E-state index in [0.29, 0.717) is 5.56 Å². The van der Waals surface area contributed by atoms with Crippen molar-refractivity contribution in [2.75, 3.05) is 14.2 Å². The minimum Gasteiger partial charge on any atom is -0.465 e. The van der Waals surface area contributed by atoms with Gasteiger partial charge in [0.15, 0.2) is 0 Å². The molecule has 0 aliphatic heterocycles. The van der Waals surface area contributed by atoms with E-state index in [1.54, 1.807) is 13.0 Å². The molecule has 154 valence electrons. The third-order valence-electron chi connectivity index (χ3n) is 4.37. The van der Waals surface area contributed by atoms with Gasteiger partial charge >= 0.3 is 5.97 Å². The van der Waals surface area contributed by atoms with Crippen LogP contribution in [0.5, 0.6) is 0 Å². The van der Waals surface area contributed by atoms with Gasteiger partial charge in [0.25, 0.3) is 11.6 Å². The summed E-state index contributed by atoms with van der Waals surface area (Å²) in [4.78, 5) is 36.3. The molecule has 10 nitrogen and oxygen atoms in total. The summed E-state index contributed by atoms with van der Waals surface area (Å²) < 4.78 is 27.7. The van der Waals surface area contributed by atoms with Crippen LogP contribution in [0.25, 0.3) is 0 Å². The molecule has 1 unspecified atom stereocenters. The number of hydrogen-bond donors (Lipinski definition) is 1. The molecule has 1 amide bonds. The van der Waals surface area contributed by atoms with Crippen LogP contribution < -0.4 is 5.14 Å². The van der Waals surface area contributed by atoms with Crippen LogP contribution in [0.3, 0.4) is 0 Å². The number of non-ortho nitro benzene ring substituents is 1. The standard InChI is InChI=1S/C18H19N3O7S/c1-11(12-5-4-6-16(10-12)29(19,26)27)20(2)17(22)13-7-14(18(23)28-3)9-15(8-13)21(24)25/h4-11H,1-3H3,(H2,19,26,27). The molecule has 0 fully saturated rings. The van der Waals surface area contributed by atoms with Crippen molar-refractivity contribution in [1.82, 2.24) is 4.90 Å². The van der Waals surface area contributed by atoms with Crippen molar-refractivity contribution in [3.63, 3.8) is 0 Å². The van der Waals surface area contributed by atoms with Crippen molar-refractivity contribution >= 4 is 27.6 Å². The lowest BCUT2D eigenvalue weighted by Gasteiger charge is -2.26. The summed E-state index contributed by atoms with van der Waals surface area (Å²) >= 11 is 0. The van der Waals surface area contributed by atoms with Crippen molar-refractivity contribution in [3.05, 3.63) is 69.3 Å². The van der Waals surface area contributed by atoms with Crippen molar-refractivity contribution in [2.24, 2.45) is 5.14 Å². The Kier molecular flexibility index (Phi) is 6.34. The van der Waals surface area contributed by atoms with Gasteiger partial charge in [-0.25, -0.2) is 18.4 Å². The fraction of sp³-hybridized carbons (Fsp3) is 0.222. The molecular weight excluding hydrogens is 402 g/mol. The Balaban J connectivity index is 2.42. The van der Waals surface area contributed by atoms with Crippen LogP contribution in [0.2, 0.25) is 0 Å². The first kappa shape index (κ1) is 22.0. The third kappa shape index (κ3) is 4.95. The molecule has 0 heterocycles. The van der Waals surface area contributed by atoms with Crippen LogP contribution in [-0.4, -0.2) is 44.3 Å². The van der Waals surface area contributed by atoms with Gasteiger partial charge in [0.05, 0.1) is 28.5 Å². The number of nitrogens with zero attached hydrogens (tertiary/aromatic N) is 2. The second-order valence-electron chi connectivity index (χ2n) is 6.23. The highest BCUT2D eigenvalue weighted by Gasteiger charge is 2.24. The number of nitrogens with two attached hydrogens (primary N) is 1.